The summed E-state index contributed by atoms with van der Waals surface area (Å²) in [5.74, 6) is 0. The molecule has 0 spiro atoms. The lowest BCUT2D eigenvalue weighted by Gasteiger charge is -2.28. The van der Waals surface area contributed by atoms with Crippen molar-refractivity contribution in [2.75, 3.05) is 9.80 Å². The Morgan fingerprint density at radius 2 is 0.769 bits per heavy atom. The number of fused-ring (bicyclic) bond motifs is 5. The Balaban J connectivity index is 0.991. The molecule has 0 saturated carbocycles. The summed E-state index contributed by atoms with van der Waals surface area (Å²) in [6.07, 6.45) is 0. The predicted octanol–water partition coefficient (Wildman–Crippen LogP) is 17.4. The van der Waals surface area contributed by atoms with E-state index in [0.29, 0.717) is 0 Å². The molecule has 0 aliphatic carbocycles. The van der Waals surface area contributed by atoms with Crippen molar-refractivity contribution < 1.29 is 0 Å². The fourth-order valence-corrected chi connectivity index (χ4v) is 9.68. The van der Waals surface area contributed by atoms with Crippen LogP contribution in [0.1, 0.15) is 0 Å². The maximum Gasteiger partial charge on any atom is 0.0542 e. The first-order valence-corrected chi connectivity index (χ1v) is 22.3. The summed E-state index contributed by atoms with van der Waals surface area (Å²) >= 11 is 0. The van der Waals surface area contributed by atoms with Crippen LogP contribution in [0.25, 0.3) is 71.3 Å². The van der Waals surface area contributed by atoms with Crippen molar-refractivity contribution in [1.82, 2.24) is 4.57 Å². The molecular weight excluding hydrogens is 787 g/mol. The molecule has 306 valence electrons. The summed E-state index contributed by atoms with van der Waals surface area (Å²) in [5, 5.41) is 7.25. The van der Waals surface area contributed by atoms with Gasteiger partial charge >= 0.3 is 0 Å². The van der Waals surface area contributed by atoms with Crippen LogP contribution in [0.5, 0.6) is 0 Å². The van der Waals surface area contributed by atoms with Crippen molar-refractivity contribution in [2.45, 2.75) is 0 Å². The van der Waals surface area contributed by atoms with Gasteiger partial charge in [-0.3, -0.25) is 0 Å². The van der Waals surface area contributed by atoms with Crippen LogP contribution in [0.4, 0.5) is 34.1 Å². The lowest BCUT2D eigenvalue weighted by molar-refractivity contribution is 1.18. The molecule has 65 heavy (non-hydrogen) atoms. The van der Waals surface area contributed by atoms with Gasteiger partial charge in [0.2, 0.25) is 0 Å². The molecule has 3 heteroatoms. The van der Waals surface area contributed by atoms with Crippen LogP contribution in [-0.4, -0.2) is 4.57 Å². The quantitative estimate of drug-likeness (QED) is 0.144. The van der Waals surface area contributed by atoms with Gasteiger partial charge < -0.3 is 14.4 Å². The second-order valence-corrected chi connectivity index (χ2v) is 16.6. The second-order valence-electron chi connectivity index (χ2n) is 16.6. The summed E-state index contributed by atoms with van der Waals surface area (Å²) < 4.78 is 2.38. The predicted molar refractivity (Wildman–Crippen MR) is 276 cm³/mol. The molecule has 0 aliphatic heterocycles. The van der Waals surface area contributed by atoms with Crippen LogP contribution in [-0.2, 0) is 0 Å². The summed E-state index contributed by atoms with van der Waals surface area (Å²) in [4.78, 5) is 4.77. The summed E-state index contributed by atoms with van der Waals surface area (Å²) in [6, 6.07) is 94.4. The molecular formula is C62H43N3. The molecule has 0 aliphatic rings. The Morgan fingerprint density at radius 3 is 1.52 bits per heavy atom. The lowest BCUT2D eigenvalue weighted by atomic mass is 9.95. The normalized spacial score (nSPS) is 11.4. The van der Waals surface area contributed by atoms with E-state index in [0.717, 1.165) is 45.4 Å². The van der Waals surface area contributed by atoms with E-state index < -0.39 is 0 Å². The Labute approximate surface area is 378 Å². The summed E-state index contributed by atoms with van der Waals surface area (Å²) in [7, 11) is 0. The molecule has 0 radical (unpaired) electrons. The zero-order chi connectivity index (χ0) is 43.1. The number of aromatic nitrogens is 1. The highest BCUT2D eigenvalue weighted by Crippen LogP contribution is 2.45. The van der Waals surface area contributed by atoms with E-state index in [-0.39, 0.29) is 0 Å². The van der Waals surface area contributed by atoms with Gasteiger partial charge in [-0.15, -0.1) is 0 Å². The highest BCUT2D eigenvalue weighted by atomic mass is 15.1. The first-order chi connectivity index (χ1) is 32.2. The molecule has 3 nitrogen and oxygen atoms in total. The molecule has 0 amide bonds. The van der Waals surface area contributed by atoms with Crippen LogP contribution in [0.15, 0.2) is 261 Å². The zero-order valence-electron chi connectivity index (χ0n) is 35.7. The summed E-state index contributed by atoms with van der Waals surface area (Å²) in [5.41, 5.74) is 14.9. The zero-order valence-corrected chi connectivity index (χ0v) is 35.7. The van der Waals surface area contributed by atoms with Crippen LogP contribution < -0.4 is 9.80 Å². The number of hydrogen-bond acceptors (Lipinski definition) is 2. The molecule has 0 saturated heterocycles. The van der Waals surface area contributed by atoms with Gasteiger partial charge in [0, 0.05) is 50.3 Å². The van der Waals surface area contributed by atoms with Crippen molar-refractivity contribution in [3.63, 3.8) is 0 Å². The first-order valence-electron chi connectivity index (χ1n) is 22.3. The third-order valence-corrected chi connectivity index (χ3v) is 12.7. The van der Waals surface area contributed by atoms with Crippen LogP contribution in [0.2, 0.25) is 0 Å². The SMILES string of the molecule is c1ccc(-c2ccc(N(c3ccc4c(c3)c3ccccc3n4-c3ccccc3)c3ccc(-c4ccc(N(c5ccccc5)c5ccc6ccccc6c5)cc4)c4ccccc34)cc2)cc1. The van der Waals surface area contributed by atoms with Gasteiger partial charge in [0.05, 0.1) is 16.7 Å². The molecule has 12 rings (SSSR count). The average Bonchev–Trinajstić information content (AvgIpc) is 3.71. The Kier molecular flexibility index (Phi) is 9.50. The van der Waals surface area contributed by atoms with Gasteiger partial charge in [0.25, 0.3) is 0 Å². The van der Waals surface area contributed by atoms with Crippen LogP contribution in [0.3, 0.4) is 0 Å². The van der Waals surface area contributed by atoms with E-state index in [9.17, 15) is 0 Å². The molecule has 0 bridgehead atoms. The van der Waals surface area contributed by atoms with Crippen molar-refractivity contribution in [3.8, 4) is 27.9 Å². The maximum absolute atomic E-state index is 2.43. The summed E-state index contributed by atoms with van der Waals surface area (Å²) in [6.45, 7) is 0. The fraction of sp³-hybridized carbons (Fsp3) is 0. The van der Waals surface area contributed by atoms with Gasteiger partial charge in [-0.25, -0.2) is 0 Å². The van der Waals surface area contributed by atoms with Gasteiger partial charge in [-0.2, -0.15) is 0 Å². The van der Waals surface area contributed by atoms with Crippen molar-refractivity contribution in [3.05, 3.63) is 261 Å². The highest BCUT2D eigenvalue weighted by molar-refractivity contribution is 6.12. The monoisotopic (exact) mass is 829 g/mol. The largest absolute Gasteiger partial charge is 0.310 e. The molecule has 12 aromatic rings. The number of nitrogens with zero attached hydrogens (tertiary/aromatic N) is 3. The molecule has 0 unspecified atom stereocenters. The second kappa shape index (κ2) is 16.2. The van der Waals surface area contributed by atoms with Crippen molar-refractivity contribution >= 4 is 77.5 Å². The van der Waals surface area contributed by atoms with Gasteiger partial charge in [0.1, 0.15) is 0 Å². The van der Waals surface area contributed by atoms with E-state index in [1.807, 2.05) is 0 Å². The minimum atomic E-state index is 1.09. The van der Waals surface area contributed by atoms with Gasteiger partial charge in [-0.05, 0) is 129 Å². The highest BCUT2D eigenvalue weighted by Gasteiger charge is 2.21. The van der Waals surface area contributed by atoms with E-state index in [1.165, 1.54) is 60.0 Å². The third kappa shape index (κ3) is 6.87. The van der Waals surface area contributed by atoms with E-state index >= 15 is 0 Å². The molecule has 0 atom stereocenters. The smallest absolute Gasteiger partial charge is 0.0542 e. The number of benzene rings is 11. The van der Waals surface area contributed by atoms with Crippen LogP contribution in [0, 0.1) is 0 Å². The van der Waals surface area contributed by atoms with Gasteiger partial charge in [0.15, 0.2) is 0 Å². The Hall–Kier alpha value is -8.66. The standard InChI is InChI=1S/C62H43N3/c1-4-16-44(17-5-1)46-28-33-52(34-29-46)64(54-38-40-62-59(43-54)58-26-14-15-27-60(58)65(62)50-22-8-3-9-23-50)61-41-39-55(56-24-12-13-25-57(56)61)47-31-35-51(36-32-47)63(49-20-6-2-7-21-49)53-37-30-45-18-10-11-19-48(45)42-53/h1-43H. The number of para-hydroxylation sites is 3. The van der Waals surface area contributed by atoms with E-state index in [4.69, 9.17) is 0 Å². The van der Waals surface area contributed by atoms with Crippen molar-refractivity contribution in [2.24, 2.45) is 0 Å². The van der Waals surface area contributed by atoms with Crippen molar-refractivity contribution in [1.29, 1.82) is 0 Å². The minimum Gasteiger partial charge on any atom is -0.310 e. The fourth-order valence-electron chi connectivity index (χ4n) is 9.68. The average molecular weight is 830 g/mol. The minimum absolute atomic E-state index is 1.09. The molecule has 11 aromatic carbocycles. The maximum atomic E-state index is 2.43. The first kappa shape index (κ1) is 38.0. The van der Waals surface area contributed by atoms with Crippen LogP contribution >= 0.6 is 0 Å². The molecule has 0 N–H and O–H groups in total. The Bertz CT molecular complexity index is 3630. The third-order valence-electron chi connectivity index (χ3n) is 12.7. The van der Waals surface area contributed by atoms with E-state index in [1.54, 1.807) is 0 Å². The number of anilines is 6. The van der Waals surface area contributed by atoms with E-state index in [2.05, 4.69) is 275 Å². The molecule has 1 aromatic heterocycles. The molecule has 1 heterocycles. The lowest BCUT2D eigenvalue weighted by Crippen LogP contribution is -2.11. The Morgan fingerprint density at radius 1 is 0.262 bits per heavy atom. The topological polar surface area (TPSA) is 11.4 Å². The van der Waals surface area contributed by atoms with Gasteiger partial charge in [-0.1, -0.05) is 170 Å². The number of rotatable bonds is 9. The number of hydrogen-bond donors (Lipinski definition) is 0. The molecule has 0 fully saturated rings.